The predicted molar refractivity (Wildman–Crippen MR) is 133 cm³/mol. The number of benzene rings is 1. The zero-order valence-corrected chi connectivity index (χ0v) is 20.3. The monoisotopic (exact) mass is 462 g/mol. The lowest BCUT2D eigenvalue weighted by Gasteiger charge is -2.23. The molecule has 2 amide bonds. The molecular weight excluding hydrogens is 432 g/mol. The zero-order chi connectivity index (χ0) is 24.9. The molecule has 8 heteroatoms. The van der Waals surface area contributed by atoms with Gasteiger partial charge >= 0.3 is 12.2 Å². The van der Waals surface area contributed by atoms with Gasteiger partial charge in [0.1, 0.15) is 11.2 Å². The Hall–Kier alpha value is -3.94. The number of hydrogen-bond acceptors (Lipinski definition) is 6. The molecule has 0 aliphatic rings. The van der Waals surface area contributed by atoms with Crippen LogP contribution in [0, 0.1) is 0 Å². The van der Waals surface area contributed by atoms with Crippen molar-refractivity contribution in [1.29, 1.82) is 0 Å². The van der Waals surface area contributed by atoms with Crippen molar-refractivity contribution in [1.82, 2.24) is 9.97 Å². The number of aromatic nitrogens is 2. The minimum Gasteiger partial charge on any atom is -0.444 e. The summed E-state index contributed by atoms with van der Waals surface area (Å²) in [6.07, 6.45) is 2.09. The molecule has 0 unspecified atom stereocenters. The molecule has 0 spiro atoms. The SMILES string of the molecule is CC(C)(C)OC(=O)Nc1cc(-c2ccccn2)c(NC(=O)OC(C)(C)C)cc1-c1ccccn1. The Kier molecular flexibility index (Phi) is 7.20. The summed E-state index contributed by atoms with van der Waals surface area (Å²) < 4.78 is 10.9. The molecule has 0 atom stereocenters. The maximum Gasteiger partial charge on any atom is 0.412 e. The number of carbonyl (C=O) groups excluding carboxylic acids is 2. The highest BCUT2D eigenvalue weighted by Gasteiger charge is 2.22. The number of ether oxygens (including phenoxy) is 2. The molecule has 0 saturated heterocycles. The third-order valence-electron chi connectivity index (χ3n) is 4.31. The molecule has 3 aromatic rings. The van der Waals surface area contributed by atoms with Crippen molar-refractivity contribution in [3.05, 3.63) is 60.9 Å². The van der Waals surface area contributed by atoms with Gasteiger partial charge in [0.2, 0.25) is 0 Å². The number of rotatable bonds is 4. The quantitative estimate of drug-likeness (QED) is 0.458. The molecular formula is C26H30N4O4. The van der Waals surface area contributed by atoms with E-state index < -0.39 is 23.4 Å². The van der Waals surface area contributed by atoms with Gasteiger partial charge in [0.25, 0.3) is 0 Å². The second-order valence-electron chi connectivity index (χ2n) is 9.63. The highest BCUT2D eigenvalue weighted by Crippen LogP contribution is 2.37. The van der Waals surface area contributed by atoms with Gasteiger partial charge in [-0.05, 0) is 77.9 Å². The second-order valence-corrected chi connectivity index (χ2v) is 9.63. The average Bonchev–Trinajstić information content (AvgIpc) is 2.73. The Labute approximate surface area is 199 Å². The van der Waals surface area contributed by atoms with Crippen molar-refractivity contribution < 1.29 is 19.1 Å². The maximum absolute atomic E-state index is 12.6. The van der Waals surface area contributed by atoms with Crippen LogP contribution in [0.5, 0.6) is 0 Å². The zero-order valence-electron chi connectivity index (χ0n) is 20.3. The van der Waals surface area contributed by atoms with Gasteiger partial charge in [-0.25, -0.2) is 9.59 Å². The summed E-state index contributed by atoms with van der Waals surface area (Å²) in [5.74, 6) is 0. The average molecular weight is 463 g/mol. The third kappa shape index (κ3) is 7.03. The first-order valence-electron chi connectivity index (χ1n) is 10.9. The Balaban J connectivity index is 2.14. The van der Waals surface area contributed by atoms with Crippen LogP contribution < -0.4 is 10.6 Å². The van der Waals surface area contributed by atoms with Gasteiger partial charge < -0.3 is 9.47 Å². The van der Waals surface area contributed by atoms with Gasteiger partial charge in [-0.1, -0.05) is 12.1 Å². The van der Waals surface area contributed by atoms with E-state index >= 15 is 0 Å². The van der Waals surface area contributed by atoms with Crippen molar-refractivity contribution in [3.63, 3.8) is 0 Å². The Bertz CT molecular complexity index is 1060. The van der Waals surface area contributed by atoms with Crippen molar-refractivity contribution in [3.8, 4) is 22.5 Å². The molecule has 3 rings (SSSR count). The highest BCUT2D eigenvalue weighted by molar-refractivity contribution is 5.99. The molecule has 1 aromatic carbocycles. The van der Waals surface area contributed by atoms with Crippen molar-refractivity contribution in [2.24, 2.45) is 0 Å². The molecule has 8 nitrogen and oxygen atoms in total. The lowest BCUT2D eigenvalue weighted by Crippen LogP contribution is -2.28. The largest absolute Gasteiger partial charge is 0.444 e. The number of nitrogens with zero attached hydrogens (tertiary/aromatic N) is 2. The molecule has 2 N–H and O–H groups in total. The standard InChI is InChI=1S/C26H30N4O4/c1-25(2,3)33-23(31)29-21-15-18(20-12-8-10-14-28-20)22(30-24(32)34-26(4,5)6)16-17(21)19-11-7-9-13-27-19/h7-16H,1-6H3,(H,29,31)(H,30,32). The van der Waals surface area contributed by atoms with E-state index in [2.05, 4.69) is 20.6 Å². The molecule has 0 bridgehead atoms. The van der Waals surface area contributed by atoms with E-state index in [-0.39, 0.29) is 0 Å². The van der Waals surface area contributed by atoms with E-state index in [0.29, 0.717) is 33.9 Å². The topological polar surface area (TPSA) is 102 Å². The smallest absolute Gasteiger partial charge is 0.412 e. The van der Waals surface area contributed by atoms with Crippen LogP contribution in [0.15, 0.2) is 60.9 Å². The summed E-state index contributed by atoms with van der Waals surface area (Å²) in [5, 5.41) is 5.64. The molecule has 178 valence electrons. The molecule has 0 radical (unpaired) electrons. The van der Waals surface area contributed by atoms with Crippen LogP contribution in [0.2, 0.25) is 0 Å². The van der Waals surface area contributed by atoms with Crippen LogP contribution in [0.1, 0.15) is 41.5 Å². The minimum atomic E-state index is -0.669. The van der Waals surface area contributed by atoms with Crippen LogP contribution in [0.3, 0.4) is 0 Å². The van der Waals surface area contributed by atoms with Crippen molar-refractivity contribution in [2.75, 3.05) is 10.6 Å². The number of pyridine rings is 2. The molecule has 0 fully saturated rings. The van der Waals surface area contributed by atoms with E-state index in [1.54, 1.807) is 78.2 Å². The third-order valence-corrected chi connectivity index (χ3v) is 4.31. The fraction of sp³-hybridized carbons (Fsp3) is 0.308. The van der Waals surface area contributed by atoms with Gasteiger partial charge in [0.15, 0.2) is 0 Å². The Morgan fingerprint density at radius 3 is 1.35 bits per heavy atom. The number of anilines is 2. The van der Waals surface area contributed by atoms with E-state index in [0.717, 1.165) is 0 Å². The van der Waals surface area contributed by atoms with Crippen LogP contribution in [-0.2, 0) is 9.47 Å². The van der Waals surface area contributed by atoms with Crippen LogP contribution >= 0.6 is 0 Å². The van der Waals surface area contributed by atoms with Gasteiger partial charge in [-0.2, -0.15) is 0 Å². The maximum atomic E-state index is 12.6. The van der Waals surface area contributed by atoms with E-state index in [4.69, 9.17) is 9.47 Å². The van der Waals surface area contributed by atoms with Crippen molar-refractivity contribution in [2.45, 2.75) is 52.7 Å². The fourth-order valence-electron chi connectivity index (χ4n) is 3.10. The van der Waals surface area contributed by atoms with Gasteiger partial charge in [0.05, 0.1) is 22.8 Å². The number of amides is 2. The summed E-state index contributed by atoms with van der Waals surface area (Å²) in [6.45, 7) is 10.7. The first-order chi connectivity index (χ1) is 15.9. The first kappa shape index (κ1) is 24.7. The lowest BCUT2D eigenvalue weighted by molar-refractivity contribution is 0.0624. The first-order valence-corrected chi connectivity index (χ1v) is 10.9. The predicted octanol–water partition coefficient (Wildman–Crippen LogP) is 6.50. The number of hydrogen-bond donors (Lipinski definition) is 2. The fourth-order valence-corrected chi connectivity index (χ4v) is 3.10. The summed E-state index contributed by atoms with van der Waals surface area (Å²) in [5.41, 5.74) is 1.98. The van der Waals surface area contributed by atoms with E-state index in [9.17, 15) is 9.59 Å². The Morgan fingerprint density at radius 1 is 0.676 bits per heavy atom. The molecule has 0 saturated carbocycles. The van der Waals surface area contributed by atoms with Crippen LogP contribution in [0.25, 0.3) is 22.5 Å². The number of nitrogens with one attached hydrogen (secondary N) is 2. The van der Waals surface area contributed by atoms with E-state index in [1.165, 1.54) is 0 Å². The molecule has 34 heavy (non-hydrogen) atoms. The second kappa shape index (κ2) is 9.91. The van der Waals surface area contributed by atoms with Crippen LogP contribution in [-0.4, -0.2) is 33.4 Å². The minimum absolute atomic E-state index is 0.461. The normalized spacial score (nSPS) is 11.5. The number of carbonyl (C=O) groups is 2. The highest BCUT2D eigenvalue weighted by atomic mass is 16.6. The molecule has 2 heterocycles. The van der Waals surface area contributed by atoms with E-state index in [1.807, 2.05) is 24.3 Å². The summed E-state index contributed by atoms with van der Waals surface area (Å²) in [4.78, 5) is 34.1. The van der Waals surface area contributed by atoms with Crippen molar-refractivity contribution >= 4 is 23.6 Å². The molecule has 0 aliphatic heterocycles. The van der Waals surface area contributed by atoms with Crippen LogP contribution in [0.4, 0.5) is 21.0 Å². The summed E-state index contributed by atoms with van der Waals surface area (Å²) in [6, 6.07) is 14.4. The molecule has 2 aromatic heterocycles. The molecule has 0 aliphatic carbocycles. The van der Waals surface area contributed by atoms with Gasteiger partial charge in [-0.15, -0.1) is 0 Å². The summed E-state index contributed by atoms with van der Waals surface area (Å²) >= 11 is 0. The van der Waals surface area contributed by atoms with Gasteiger partial charge in [0, 0.05) is 23.5 Å². The lowest BCUT2D eigenvalue weighted by atomic mass is 10.0. The summed E-state index contributed by atoms with van der Waals surface area (Å²) in [7, 11) is 0. The van der Waals surface area contributed by atoms with Gasteiger partial charge in [-0.3, -0.25) is 20.6 Å². The Morgan fingerprint density at radius 2 is 1.06 bits per heavy atom.